The van der Waals surface area contributed by atoms with Gasteiger partial charge in [-0.05, 0) is 31.4 Å². The number of halogens is 3. The first kappa shape index (κ1) is 23.4. The molecule has 8 nitrogen and oxygen atoms in total. The average molecular weight is 488 g/mol. The summed E-state index contributed by atoms with van der Waals surface area (Å²) in [5.41, 5.74) is 7.61. The lowest BCUT2D eigenvalue weighted by atomic mass is 10.1. The first-order valence-electron chi connectivity index (χ1n) is 9.94. The quantitative estimate of drug-likeness (QED) is 0.373. The number of hydrogen-bond donors (Lipinski definition) is 2. The highest BCUT2D eigenvalue weighted by Gasteiger charge is 2.30. The molecule has 0 saturated carbocycles. The minimum Gasteiger partial charge on any atom is -0.383 e. The second kappa shape index (κ2) is 9.21. The molecule has 1 amide bonds. The molecule has 0 aliphatic carbocycles. The Morgan fingerprint density at radius 2 is 1.94 bits per heavy atom. The van der Waals surface area contributed by atoms with Crippen molar-refractivity contribution >= 4 is 29.2 Å². The van der Waals surface area contributed by atoms with Gasteiger partial charge in [-0.1, -0.05) is 41.1 Å². The molecule has 176 valence electrons. The lowest BCUT2D eigenvalue weighted by Gasteiger charge is -2.10. The second-order valence-electron chi connectivity index (χ2n) is 7.34. The molecule has 0 atom stereocenters. The smallest absolute Gasteiger partial charge is 0.383 e. The van der Waals surface area contributed by atoms with Crippen molar-refractivity contribution in [3.63, 3.8) is 0 Å². The molecule has 0 fully saturated rings. The number of hydrogen-bond acceptors (Lipinski definition) is 7. The molecule has 2 aromatic heterocycles. The van der Waals surface area contributed by atoms with Gasteiger partial charge in [0.05, 0.1) is 5.56 Å². The Morgan fingerprint density at radius 3 is 2.62 bits per heavy atom. The fraction of sp³-hybridized carbons (Fsp3) is 0.182. The van der Waals surface area contributed by atoms with Gasteiger partial charge in [-0.3, -0.25) is 4.79 Å². The number of benzene rings is 2. The van der Waals surface area contributed by atoms with E-state index in [2.05, 4.69) is 20.6 Å². The third-order valence-corrected chi connectivity index (χ3v) is 5.54. The Balaban J connectivity index is 1.56. The van der Waals surface area contributed by atoms with E-state index in [0.717, 1.165) is 23.3 Å². The fourth-order valence-corrected chi connectivity index (χ4v) is 3.75. The number of nitrogens with zero attached hydrogens (tertiary/aromatic N) is 4. The van der Waals surface area contributed by atoms with Crippen molar-refractivity contribution in [2.75, 3.05) is 17.3 Å². The number of alkyl halides is 3. The molecule has 0 aliphatic rings. The maximum atomic E-state index is 12.9. The highest BCUT2D eigenvalue weighted by atomic mass is 32.2. The molecule has 4 rings (SSSR count). The summed E-state index contributed by atoms with van der Waals surface area (Å²) in [5, 5.41) is 11.2. The molecule has 0 aliphatic heterocycles. The molecule has 0 bridgehead atoms. The highest BCUT2D eigenvalue weighted by Crippen LogP contribution is 2.35. The number of aromatic nitrogens is 4. The minimum absolute atomic E-state index is 0.00973. The predicted molar refractivity (Wildman–Crippen MR) is 122 cm³/mol. The van der Waals surface area contributed by atoms with Crippen LogP contribution in [0, 0.1) is 6.92 Å². The van der Waals surface area contributed by atoms with Gasteiger partial charge in [-0.25, -0.2) is 4.68 Å². The molecule has 4 aromatic rings. The van der Waals surface area contributed by atoms with Crippen molar-refractivity contribution in [3.8, 4) is 22.8 Å². The second-order valence-corrected chi connectivity index (χ2v) is 8.14. The van der Waals surface area contributed by atoms with E-state index in [0.29, 0.717) is 16.4 Å². The van der Waals surface area contributed by atoms with Crippen molar-refractivity contribution in [3.05, 3.63) is 59.7 Å². The maximum Gasteiger partial charge on any atom is 0.416 e. The van der Waals surface area contributed by atoms with Crippen LogP contribution >= 0.6 is 11.8 Å². The molecule has 3 N–H and O–H groups in total. The summed E-state index contributed by atoms with van der Waals surface area (Å²) >= 11 is 1.27. The topological polar surface area (TPSA) is 112 Å². The van der Waals surface area contributed by atoms with E-state index in [4.69, 9.17) is 10.3 Å². The van der Waals surface area contributed by atoms with E-state index in [9.17, 15) is 18.0 Å². The highest BCUT2D eigenvalue weighted by molar-refractivity contribution is 7.98. The monoisotopic (exact) mass is 488 g/mol. The largest absolute Gasteiger partial charge is 0.416 e. The van der Waals surface area contributed by atoms with Crippen LogP contribution in [0.3, 0.4) is 0 Å². The summed E-state index contributed by atoms with van der Waals surface area (Å²) in [7, 11) is 0. The Kier molecular flexibility index (Phi) is 6.33. The maximum absolute atomic E-state index is 12.9. The number of aryl methyl sites for hydroxylation is 1. The van der Waals surface area contributed by atoms with Gasteiger partial charge in [0.2, 0.25) is 11.7 Å². The van der Waals surface area contributed by atoms with Crippen LogP contribution in [0.5, 0.6) is 0 Å². The number of nitrogen functional groups attached to an aromatic ring is 1. The van der Waals surface area contributed by atoms with Crippen LogP contribution in [-0.2, 0) is 17.5 Å². The number of rotatable bonds is 6. The van der Waals surface area contributed by atoms with Gasteiger partial charge in [-0.2, -0.15) is 23.3 Å². The summed E-state index contributed by atoms with van der Waals surface area (Å²) in [6.45, 7) is 1.64. The third-order valence-electron chi connectivity index (χ3n) is 4.87. The van der Waals surface area contributed by atoms with Crippen LogP contribution in [0.4, 0.5) is 24.7 Å². The van der Waals surface area contributed by atoms with Crippen LogP contribution < -0.4 is 11.1 Å². The van der Waals surface area contributed by atoms with Crippen LogP contribution in [0.25, 0.3) is 22.8 Å². The van der Waals surface area contributed by atoms with Gasteiger partial charge in [0.1, 0.15) is 23.0 Å². The molecule has 0 radical (unpaired) electrons. The average Bonchev–Trinajstić information content (AvgIpc) is 3.38. The zero-order valence-electron chi connectivity index (χ0n) is 18.1. The van der Waals surface area contributed by atoms with Crippen LogP contribution in [0.2, 0.25) is 0 Å². The molecule has 0 unspecified atom stereocenters. The molecule has 2 heterocycles. The van der Waals surface area contributed by atoms with E-state index in [-0.39, 0.29) is 23.9 Å². The lowest BCUT2D eigenvalue weighted by molar-refractivity contribution is -0.137. The summed E-state index contributed by atoms with van der Waals surface area (Å²) in [5.74, 6) is 0.0275. The predicted octanol–water partition coefficient (Wildman–Crippen LogP) is 4.87. The first-order chi connectivity index (χ1) is 16.2. The van der Waals surface area contributed by atoms with Crippen LogP contribution in [0.15, 0.2) is 58.1 Å². The van der Waals surface area contributed by atoms with Crippen molar-refractivity contribution in [2.45, 2.75) is 24.7 Å². The number of nitrogens with one attached hydrogen (secondary N) is 1. The van der Waals surface area contributed by atoms with Gasteiger partial charge in [0.25, 0.3) is 5.89 Å². The van der Waals surface area contributed by atoms with Crippen molar-refractivity contribution in [2.24, 2.45) is 0 Å². The van der Waals surface area contributed by atoms with Gasteiger partial charge in [-0.15, -0.1) is 11.8 Å². The van der Waals surface area contributed by atoms with Gasteiger partial charge in [0.15, 0.2) is 0 Å². The lowest BCUT2D eigenvalue weighted by Crippen LogP contribution is -2.21. The number of nitrogens with two attached hydrogens (primary N) is 1. The SMILES string of the molecule is CSc1nn(CC(=O)Nc2cccc(C(F)(F)F)c2)c(N)c1-c1nc(-c2ccc(C)cc2)no1. The molecule has 0 spiro atoms. The van der Waals surface area contributed by atoms with Gasteiger partial charge >= 0.3 is 6.18 Å². The van der Waals surface area contributed by atoms with Crippen molar-refractivity contribution in [1.29, 1.82) is 0 Å². The number of anilines is 2. The van der Waals surface area contributed by atoms with E-state index < -0.39 is 17.6 Å². The Labute approximate surface area is 196 Å². The molecule has 34 heavy (non-hydrogen) atoms. The number of thioether (sulfide) groups is 1. The summed E-state index contributed by atoms with van der Waals surface area (Å²) in [6.07, 6.45) is -2.74. The zero-order chi connectivity index (χ0) is 24.5. The zero-order valence-corrected chi connectivity index (χ0v) is 18.9. The van der Waals surface area contributed by atoms with Gasteiger partial charge in [0, 0.05) is 11.3 Å². The van der Waals surface area contributed by atoms with Crippen molar-refractivity contribution < 1.29 is 22.5 Å². The molecule has 0 saturated heterocycles. The molecular formula is C22H19F3N6O2S. The number of carbonyl (C=O) groups excluding carboxylic acids is 1. The summed E-state index contributed by atoms with van der Waals surface area (Å²) in [6, 6.07) is 11.9. The first-order valence-corrected chi connectivity index (χ1v) is 11.2. The number of carbonyl (C=O) groups is 1. The molecular weight excluding hydrogens is 469 g/mol. The van der Waals surface area contributed by atoms with E-state index in [1.54, 1.807) is 6.26 Å². The summed E-state index contributed by atoms with van der Waals surface area (Å²) < 4.78 is 45.4. The van der Waals surface area contributed by atoms with E-state index in [1.165, 1.54) is 28.6 Å². The van der Waals surface area contributed by atoms with Crippen LogP contribution in [0.1, 0.15) is 11.1 Å². The van der Waals surface area contributed by atoms with Gasteiger partial charge < -0.3 is 15.6 Å². The summed E-state index contributed by atoms with van der Waals surface area (Å²) in [4.78, 5) is 16.9. The minimum atomic E-state index is -4.52. The Bertz CT molecular complexity index is 1330. The number of amides is 1. The normalized spacial score (nSPS) is 11.6. The third kappa shape index (κ3) is 4.91. The molecule has 2 aromatic carbocycles. The van der Waals surface area contributed by atoms with E-state index >= 15 is 0 Å². The standard InChI is InChI=1S/C22H19F3N6O2S/c1-12-6-8-13(9-7-12)19-28-20(33-30-19)17-18(26)31(29-21(17)34-2)11-16(32)27-15-5-3-4-14(10-15)22(23,24)25/h3-10H,11,26H2,1-2H3,(H,27,32). The van der Waals surface area contributed by atoms with E-state index in [1.807, 2.05) is 31.2 Å². The van der Waals surface area contributed by atoms with Crippen molar-refractivity contribution in [1.82, 2.24) is 19.9 Å². The Hall–Kier alpha value is -3.80. The Morgan fingerprint density at radius 1 is 1.21 bits per heavy atom. The van der Waals surface area contributed by atoms with Crippen LogP contribution in [-0.4, -0.2) is 32.1 Å². The molecule has 12 heteroatoms. The fourth-order valence-electron chi connectivity index (χ4n) is 3.17.